The minimum atomic E-state index is 0.559. The van der Waals surface area contributed by atoms with Crippen LogP contribution in [0.4, 0.5) is 0 Å². The van der Waals surface area contributed by atoms with Crippen LogP contribution in [0.1, 0.15) is 12.5 Å². The van der Waals surface area contributed by atoms with Gasteiger partial charge >= 0.3 is 0 Å². The summed E-state index contributed by atoms with van der Waals surface area (Å²) in [5.74, 6) is 1.29. The van der Waals surface area contributed by atoms with Crippen LogP contribution in [0.25, 0.3) is 0 Å². The minimum absolute atomic E-state index is 0.559. The molecule has 100 valence electrons. The first-order valence-corrected chi connectivity index (χ1v) is 6.04. The third-order valence-corrected chi connectivity index (χ3v) is 2.34. The Balaban J connectivity index is 2.50. The van der Waals surface area contributed by atoms with E-state index in [0.29, 0.717) is 12.5 Å². The van der Waals surface area contributed by atoms with Gasteiger partial charge in [-0.25, -0.2) is 9.97 Å². The number of imidazole rings is 1. The molecular formula is C13H17N5O. The molecule has 2 aromatic rings. The molecule has 2 heterocycles. The maximum atomic E-state index is 5.55. The van der Waals surface area contributed by atoms with Gasteiger partial charge in [0.15, 0.2) is 5.84 Å². The zero-order valence-corrected chi connectivity index (χ0v) is 11.3. The number of rotatable bonds is 4. The van der Waals surface area contributed by atoms with Gasteiger partial charge in [-0.3, -0.25) is 4.57 Å². The summed E-state index contributed by atoms with van der Waals surface area (Å²) in [5, 5.41) is 6.22. The van der Waals surface area contributed by atoms with Crippen LogP contribution in [0.2, 0.25) is 0 Å². The number of ether oxygens (including phenoxy) is 1. The molecule has 0 aliphatic carbocycles. The number of nitrogens with zero attached hydrogens (tertiary/aromatic N) is 5. The van der Waals surface area contributed by atoms with E-state index in [1.807, 2.05) is 43.9 Å². The second-order valence-electron chi connectivity index (χ2n) is 4.03. The predicted octanol–water partition coefficient (Wildman–Crippen LogP) is 1.45. The summed E-state index contributed by atoms with van der Waals surface area (Å²) in [6.07, 6.45) is 6.95. The van der Waals surface area contributed by atoms with Gasteiger partial charge in [0.25, 0.3) is 0 Å². The van der Waals surface area contributed by atoms with E-state index in [1.165, 1.54) is 0 Å². The third-order valence-electron chi connectivity index (χ3n) is 2.34. The Morgan fingerprint density at radius 3 is 2.89 bits per heavy atom. The molecule has 2 rings (SSSR count). The van der Waals surface area contributed by atoms with Crippen molar-refractivity contribution >= 4 is 5.84 Å². The smallest absolute Gasteiger partial charge is 0.224 e. The summed E-state index contributed by atoms with van der Waals surface area (Å²) in [6.45, 7) is 2.49. The Labute approximate surface area is 112 Å². The van der Waals surface area contributed by atoms with Crippen molar-refractivity contribution in [2.45, 2.75) is 6.92 Å². The van der Waals surface area contributed by atoms with Crippen molar-refractivity contribution in [3.05, 3.63) is 42.6 Å². The number of hydrogen-bond donors (Lipinski definition) is 0. The molecule has 0 amide bonds. The van der Waals surface area contributed by atoms with Gasteiger partial charge in [0, 0.05) is 32.7 Å². The van der Waals surface area contributed by atoms with Gasteiger partial charge in [0.05, 0.1) is 12.2 Å². The fourth-order valence-corrected chi connectivity index (χ4v) is 1.63. The molecule has 0 radical (unpaired) electrons. The molecule has 0 bridgehead atoms. The molecule has 0 N–H and O–H groups in total. The lowest BCUT2D eigenvalue weighted by atomic mass is 10.2. The molecule has 0 aliphatic heterocycles. The number of hydrazone groups is 1. The van der Waals surface area contributed by atoms with Crippen molar-refractivity contribution < 1.29 is 4.74 Å². The predicted molar refractivity (Wildman–Crippen MR) is 73.3 cm³/mol. The second kappa shape index (κ2) is 5.99. The summed E-state index contributed by atoms with van der Waals surface area (Å²) >= 11 is 0. The Morgan fingerprint density at radius 2 is 2.26 bits per heavy atom. The number of aromatic nitrogens is 3. The van der Waals surface area contributed by atoms with Crippen molar-refractivity contribution in [1.29, 1.82) is 0 Å². The molecule has 0 aliphatic rings. The van der Waals surface area contributed by atoms with Crippen molar-refractivity contribution in [3.8, 4) is 5.88 Å². The summed E-state index contributed by atoms with van der Waals surface area (Å²) < 4.78 is 7.39. The SMILES string of the molecule is CCOc1ncccc1C(=NN(C)C)n1ccnc1. The highest BCUT2D eigenvalue weighted by atomic mass is 16.5. The molecule has 0 saturated carbocycles. The van der Waals surface area contributed by atoms with Crippen LogP contribution in [0.3, 0.4) is 0 Å². The average Bonchev–Trinajstić information content (AvgIpc) is 2.91. The van der Waals surface area contributed by atoms with Crippen LogP contribution in [0.5, 0.6) is 5.88 Å². The zero-order valence-electron chi connectivity index (χ0n) is 11.3. The van der Waals surface area contributed by atoms with Gasteiger partial charge in [-0.05, 0) is 19.1 Å². The fraction of sp³-hybridized carbons (Fsp3) is 0.308. The lowest BCUT2D eigenvalue weighted by Gasteiger charge is -2.14. The molecule has 0 saturated heterocycles. The zero-order chi connectivity index (χ0) is 13.7. The second-order valence-corrected chi connectivity index (χ2v) is 4.03. The Hall–Kier alpha value is -2.37. The van der Waals surface area contributed by atoms with E-state index < -0.39 is 0 Å². The van der Waals surface area contributed by atoms with Crippen LogP contribution in [0.15, 0.2) is 42.2 Å². The van der Waals surface area contributed by atoms with E-state index in [0.717, 1.165) is 11.4 Å². The first-order chi connectivity index (χ1) is 9.22. The van der Waals surface area contributed by atoms with Gasteiger partial charge < -0.3 is 9.75 Å². The van der Waals surface area contributed by atoms with E-state index in [9.17, 15) is 0 Å². The maximum Gasteiger partial charge on any atom is 0.224 e. The summed E-state index contributed by atoms with van der Waals surface area (Å²) in [4.78, 5) is 8.31. The van der Waals surface area contributed by atoms with Crippen LogP contribution in [-0.4, -0.2) is 46.1 Å². The first-order valence-electron chi connectivity index (χ1n) is 6.04. The van der Waals surface area contributed by atoms with E-state index in [1.54, 1.807) is 23.7 Å². The van der Waals surface area contributed by atoms with E-state index in [4.69, 9.17) is 4.74 Å². The molecule has 0 aromatic carbocycles. The third kappa shape index (κ3) is 3.09. The Morgan fingerprint density at radius 1 is 1.42 bits per heavy atom. The Bertz CT molecular complexity index is 548. The average molecular weight is 259 g/mol. The quantitative estimate of drug-likeness (QED) is 0.474. The molecule has 0 spiro atoms. The highest BCUT2D eigenvalue weighted by Crippen LogP contribution is 2.16. The highest BCUT2D eigenvalue weighted by Gasteiger charge is 2.13. The number of hydrogen-bond acceptors (Lipinski definition) is 5. The van der Waals surface area contributed by atoms with Crippen LogP contribution >= 0.6 is 0 Å². The lowest BCUT2D eigenvalue weighted by molar-refractivity contribution is 0.326. The highest BCUT2D eigenvalue weighted by molar-refractivity contribution is 6.01. The molecular weight excluding hydrogens is 242 g/mol. The van der Waals surface area contributed by atoms with Crippen LogP contribution < -0.4 is 4.74 Å². The summed E-state index contributed by atoms with van der Waals surface area (Å²) in [6, 6.07) is 3.79. The standard InChI is InChI=1S/C13H17N5O/c1-4-19-13-11(6-5-7-15-13)12(16-17(2)3)18-9-8-14-10-18/h5-10H,4H2,1-3H3. The monoisotopic (exact) mass is 259 g/mol. The van der Waals surface area contributed by atoms with Crippen molar-refractivity contribution in [2.75, 3.05) is 20.7 Å². The lowest BCUT2D eigenvalue weighted by Crippen LogP contribution is -2.18. The molecule has 19 heavy (non-hydrogen) atoms. The topological polar surface area (TPSA) is 55.5 Å². The molecule has 0 unspecified atom stereocenters. The van der Waals surface area contributed by atoms with Gasteiger partial charge in [-0.15, -0.1) is 0 Å². The largest absolute Gasteiger partial charge is 0.477 e. The normalized spacial score (nSPS) is 11.4. The minimum Gasteiger partial charge on any atom is -0.477 e. The molecule has 6 heteroatoms. The summed E-state index contributed by atoms with van der Waals surface area (Å²) in [5.41, 5.74) is 0.830. The van der Waals surface area contributed by atoms with Gasteiger partial charge in [0.1, 0.15) is 6.33 Å². The van der Waals surface area contributed by atoms with Gasteiger partial charge in [-0.2, -0.15) is 5.10 Å². The molecule has 0 fully saturated rings. The molecule has 2 aromatic heterocycles. The van der Waals surface area contributed by atoms with E-state index >= 15 is 0 Å². The fourth-order valence-electron chi connectivity index (χ4n) is 1.63. The van der Waals surface area contributed by atoms with Gasteiger partial charge in [-0.1, -0.05) is 0 Å². The van der Waals surface area contributed by atoms with Crippen LogP contribution in [-0.2, 0) is 0 Å². The summed E-state index contributed by atoms with van der Waals surface area (Å²) in [7, 11) is 3.74. The Kier molecular flexibility index (Phi) is 4.12. The first kappa shape index (κ1) is 13.1. The van der Waals surface area contributed by atoms with Crippen molar-refractivity contribution in [1.82, 2.24) is 19.5 Å². The van der Waals surface area contributed by atoms with Gasteiger partial charge in [0.2, 0.25) is 5.88 Å². The molecule has 6 nitrogen and oxygen atoms in total. The van der Waals surface area contributed by atoms with Crippen molar-refractivity contribution in [3.63, 3.8) is 0 Å². The van der Waals surface area contributed by atoms with Crippen LogP contribution in [0, 0.1) is 0 Å². The number of pyridine rings is 1. The van der Waals surface area contributed by atoms with Crippen molar-refractivity contribution in [2.24, 2.45) is 5.10 Å². The molecule has 0 atom stereocenters. The van der Waals surface area contributed by atoms with E-state index in [2.05, 4.69) is 15.1 Å². The van der Waals surface area contributed by atoms with E-state index in [-0.39, 0.29) is 0 Å². The maximum absolute atomic E-state index is 5.55.